The van der Waals surface area contributed by atoms with E-state index in [1.54, 1.807) is 12.1 Å². The number of rotatable bonds is 3. The van der Waals surface area contributed by atoms with E-state index in [9.17, 15) is 18.0 Å². The third-order valence-corrected chi connectivity index (χ3v) is 6.81. The lowest BCUT2D eigenvalue weighted by Gasteiger charge is -2.06. The van der Waals surface area contributed by atoms with E-state index in [1.165, 1.54) is 34.8 Å². The molecule has 0 fully saturated rings. The molecule has 4 rings (SSSR count). The SMILES string of the molecule is O=C(O)C(c1cccs1)c1cccs1.O=C1NS(=O)(=O)c2ccccc21. The molecule has 1 amide bonds. The number of carbonyl (C=O) groups excluding carboxylic acids is 1. The first-order valence-electron chi connectivity index (χ1n) is 7.36. The second-order valence-electron chi connectivity index (χ2n) is 5.23. The molecule has 0 saturated heterocycles. The number of hydrogen-bond donors (Lipinski definition) is 2. The van der Waals surface area contributed by atoms with Crippen molar-refractivity contribution in [1.82, 2.24) is 4.72 Å². The molecule has 0 aliphatic carbocycles. The maximum atomic E-state index is 11.1. The van der Waals surface area contributed by atoms with Gasteiger partial charge in [0.15, 0.2) is 0 Å². The molecule has 2 aromatic heterocycles. The van der Waals surface area contributed by atoms with Gasteiger partial charge in [0.1, 0.15) is 10.8 Å². The number of nitrogens with one attached hydrogen (secondary N) is 1. The molecular formula is C17H13NO5S3. The van der Waals surface area contributed by atoms with Gasteiger partial charge in [-0.1, -0.05) is 24.3 Å². The molecule has 0 spiro atoms. The highest BCUT2D eigenvalue weighted by Crippen LogP contribution is 2.31. The predicted octanol–water partition coefficient (Wildman–Crippen LogP) is 3.14. The molecule has 0 bridgehead atoms. The van der Waals surface area contributed by atoms with E-state index >= 15 is 0 Å². The first-order valence-corrected chi connectivity index (χ1v) is 10.6. The molecular weight excluding hydrogens is 394 g/mol. The van der Waals surface area contributed by atoms with Crippen molar-refractivity contribution in [2.24, 2.45) is 0 Å². The van der Waals surface area contributed by atoms with Gasteiger partial charge in [0.25, 0.3) is 15.9 Å². The van der Waals surface area contributed by atoms with Crippen LogP contribution in [-0.2, 0) is 14.8 Å². The van der Waals surface area contributed by atoms with E-state index in [1.807, 2.05) is 39.7 Å². The van der Waals surface area contributed by atoms with Crippen molar-refractivity contribution in [1.29, 1.82) is 0 Å². The Bertz CT molecular complexity index is 990. The van der Waals surface area contributed by atoms with Crippen molar-refractivity contribution in [3.05, 3.63) is 74.6 Å². The van der Waals surface area contributed by atoms with Crippen LogP contribution in [0.25, 0.3) is 0 Å². The maximum Gasteiger partial charge on any atom is 0.317 e. The first kappa shape index (κ1) is 18.3. The molecule has 9 heteroatoms. The Labute approximate surface area is 157 Å². The summed E-state index contributed by atoms with van der Waals surface area (Å²) in [6.45, 7) is 0. The molecule has 0 saturated carbocycles. The average molecular weight is 407 g/mol. The summed E-state index contributed by atoms with van der Waals surface area (Å²) < 4.78 is 24.2. The zero-order valence-corrected chi connectivity index (χ0v) is 15.6. The molecule has 3 aromatic rings. The summed E-state index contributed by atoms with van der Waals surface area (Å²) in [6.07, 6.45) is 0. The Morgan fingerprint density at radius 2 is 1.54 bits per heavy atom. The second kappa shape index (κ2) is 7.40. The van der Waals surface area contributed by atoms with Crippen LogP contribution >= 0.6 is 22.7 Å². The van der Waals surface area contributed by atoms with Crippen molar-refractivity contribution in [2.45, 2.75) is 10.8 Å². The van der Waals surface area contributed by atoms with Gasteiger partial charge in [0.2, 0.25) is 0 Å². The van der Waals surface area contributed by atoms with Crippen molar-refractivity contribution in [3.63, 3.8) is 0 Å². The van der Waals surface area contributed by atoms with Crippen LogP contribution in [0.15, 0.2) is 64.2 Å². The largest absolute Gasteiger partial charge is 0.480 e. The van der Waals surface area contributed by atoms with Crippen LogP contribution in [0.3, 0.4) is 0 Å². The summed E-state index contributed by atoms with van der Waals surface area (Å²) in [4.78, 5) is 23.9. The zero-order chi connectivity index (χ0) is 18.7. The number of fused-ring (bicyclic) bond motifs is 1. The van der Waals surface area contributed by atoms with Gasteiger partial charge in [0.05, 0.1) is 5.56 Å². The fourth-order valence-corrected chi connectivity index (χ4v) is 5.33. The summed E-state index contributed by atoms with van der Waals surface area (Å²) in [6, 6.07) is 13.6. The number of carboxylic acids is 1. The molecule has 0 radical (unpaired) electrons. The Morgan fingerprint density at radius 3 is 2.00 bits per heavy atom. The fourth-order valence-electron chi connectivity index (χ4n) is 2.42. The normalized spacial score (nSPS) is 14.3. The number of carbonyl (C=O) groups is 2. The molecule has 1 aromatic carbocycles. The topological polar surface area (TPSA) is 101 Å². The van der Waals surface area contributed by atoms with Gasteiger partial charge in [-0.3, -0.25) is 9.59 Å². The van der Waals surface area contributed by atoms with E-state index in [-0.39, 0.29) is 10.5 Å². The maximum absolute atomic E-state index is 11.1. The van der Waals surface area contributed by atoms with Crippen molar-refractivity contribution < 1.29 is 23.1 Å². The Balaban J connectivity index is 0.000000152. The summed E-state index contributed by atoms with van der Waals surface area (Å²) >= 11 is 2.97. The van der Waals surface area contributed by atoms with Crippen molar-refractivity contribution in [2.75, 3.05) is 0 Å². The van der Waals surface area contributed by atoms with Crippen molar-refractivity contribution in [3.8, 4) is 0 Å². The number of sulfonamides is 1. The fraction of sp³-hybridized carbons (Fsp3) is 0.0588. The van der Waals surface area contributed by atoms with E-state index in [2.05, 4.69) is 0 Å². The molecule has 26 heavy (non-hydrogen) atoms. The highest BCUT2D eigenvalue weighted by atomic mass is 32.2. The second-order valence-corrected chi connectivity index (χ2v) is 8.84. The van der Waals surface area contributed by atoms with Gasteiger partial charge in [-0.2, -0.15) is 0 Å². The lowest BCUT2D eigenvalue weighted by molar-refractivity contribution is -0.137. The molecule has 1 aliphatic rings. The summed E-state index contributed by atoms with van der Waals surface area (Å²) in [7, 11) is -3.55. The molecule has 1 aliphatic heterocycles. The average Bonchev–Trinajstić information content (AvgIpc) is 3.32. The predicted molar refractivity (Wildman–Crippen MR) is 99.2 cm³/mol. The van der Waals surface area contributed by atoms with Crippen LogP contribution in [0, 0.1) is 0 Å². The molecule has 6 nitrogen and oxygen atoms in total. The third-order valence-electron chi connectivity index (χ3n) is 3.55. The number of carboxylic acid groups (broad SMARTS) is 1. The number of aliphatic carboxylic acids is 1. The highest BCUT2D eigenvalue weighted by molar-refractivity contribution is 7.90. The lowest BCUT2D eigenvalue weighted by Crippen LogP contribution is -2.20. The van der Waals surface area contributed by atoms with Crippen LogP contribution in [0.5, 0.6) is 0 Å². The van der Waals surface area contributed by atoms with E-state index in [0.717, 1.165) is 9.75 Å². The lowest BCUT2D eigenvalue weighted by atomic mass is 10.1. The van der Waals surface area contributed by atoms with Crippen LogP contribution in [-0.4, -0.2) is 25.4 Å². The van der Waals surface area contributed by atoms with E-state index in [4.69, 9.17) is 5.11 Å². The monoisotopic (exact) mass is 407 g/mol. The number of thiophene rings is 2. The number of benzene rings is 1. The Morgan fingerprint density at radius 1 is 0.962 bits per heavy atom. The minimum atomic E-state index is -3.55. The van der Waals surface area contributed by atoms with E-state index < -0.39 is 27.8 Å². The van der Waals surface area contributed by atoms with Crippen LogP contribution in [0.1, 0.15) is 26.0 Å². The van der Waals surface area contributed by atoms with Gasteiger partial charge in [0, 0.05) is 9.75 Å². The van der Waals surface area contributed by atoms with Crippen LogP contribution < -0.4 is 4.72 Å². The molecule has 2 N–H and O–H groups in total. The minimum absolute atomic E-state index is 0.0648. The Hall–Kier alpha value is -2.49. The molecule has 134 valence electrons. The van der Waals surface area contributed by atoms with Gasteiger partial charge < -0.3 is 5.11 Å². The number of amides is 1. The summed E-state index contributed by atoms with van der Waals surface area (Å²) in [5, 5.41) is 12.9. The zero-order valence-electron chi connectivity index (χ0n) is 13.2. The smallest absolute Gasteiger partial charge is 0.317 e. The molecule has 3 heterocycles. The van der Waals surface area contributed by atoms with Gasteiger partial charge in [-0.05, 0) is 35.0 Å². The van der Waals surface area contributed by atoms with Crippen molar-refractivity contribution >= 4 is 44.6 Å². The first-order chi connectivity index (χ1) is 12.4. The quantitative estimate of drug-likeness (QED) is 0.695. The summed E-state index contributed by atoms with van der Waals surface area (Å²) in [5.41, 5.74) is 0.220. The standard InChI is InChI=1S/C10H8O2S2.C7H5NO3S/c11-10(12)9(7-3-1-5-13-7)8-4-2-6-14-8;9-7-5-3-1-2-4-6(5)12(10,11)8-7/h1-6,9H,(H,11,12);1-4H,(H,8,9). The Kier molecular flexibility index (Phi) is 5.21. The minimum Gasteiger partial charge on any atom is -0.480 e. The van der Waals surface area contributed by atoms with Gasteiger partial charge in [-0.25, -0.2) is 13.1 Å². The third kappa shape index (κ3) is 3.69. The molecule has 0 unspecified atom stereocenters. The van der Waals surface area contributed by atoms with Crippen LogP contribution in [0.2, 0.25) is 0 Å². The van der Waals surface area contributed by atoms with Gasteiger partial charge in [-0.15, -0.1) is 22.7 Å². The van der Waals surface area contributed by atoms with Crippen LogP contribution in [0.4, 0.5) is 0 Å². The van der Waals surface area contributed by atoms with E-state index in [0.29, 0.717) is 0 Å². The number of hydrogen-bond acceptors (Lipinski definition) is 6. The summed E-state index contributed by atoms with van der Waals surface area (Å²) in [5.74, 6) is -1.82. The molecule has 0 atom stereocenters. The van der Waals surface area contributed by atoms with Gasteiger partial charge >= 0.3 is 5.97 Å². The highest BCUT2D eigenvalue weighted by Gasteiger charge is 2.31.